The Kier molecular flexibility index (Phi) is 5.78. The predicted molar refractivity (Wildman–Crippen MR) is 96.3 cm³/mol. The van der Waals surface area contributed by atoms with E-state index in [4.69, 9.17) is 14.2 Å². The number of hydrogen-bond donors (Lipinski definition) is 1. The molecule has 4 rings (SSSR count). The van der Waals surface area contributed by atoms with Crippen molar-refractivity contribution in [3.05, 3.63) is 23.9 Å². The first-order valence-corrected chi connectivity index (χ1v) is 8.94. The zero-order chi connectivity index (χ0) is 18.6. The van der Waals surface area contributed by atoms with Gasteiger partial charge in [0.2, 0.25) is 0 Å². The van der Waals surface area contributed by atoms with Crippen LogP contribution in [0.15, 0.2) is 18.3 Å². The number of aromatic amines is 1. The van der Waals surface area contributed by atoms with Crippen LogP contribution >= 0.6 is 0 Å². The van der Waals surface area contributed by atoms with Crippen molar-refractivity contribution in [2.45, 2.75) is 38.4 Å². The van der Waals surface area contributed by atoms with Gasteiger partial charge < -0.3 is 18.9 Å². The summed E-state index contributed by atoms with van der Waals surface area (Å²) < 4.78 is 21.0. The molecule has 1 aliphatic carbocycles. The molecule has 0 bridgehead atoms. The fourth-order valence-corrected chi connectivity index (χ4v) is 3.62. The standard InChI is InChI=1S/C10H10N2O3.C9H16O2/c1-14-9-4-8-6(5-11-12-8)3-7(9)10(13)15-2;1-8-3-2-4-9(7-8)10-5-6-11-9/h3-5H,1-2H3,(H,11,12);8H,2-7H2,1H3. The lowest BCUT2D eigenvalue weighted by Crippen LogP contribution is -2.35. The molecule has 1 saturated carbocycles. The smallest absolute Gasteiger partial charge is 0.341 e. The van der Waals surface area contributed by atoms with Crippen LogP contribution in [0.3, 0.4) is 0 Å². The monoisotopic (exact) mass is 362 g/mol. The first-order chi connectivity index (χ1) is 12.6. The van der Waals surface area contributed by atoms with E-state index in [1.54, 1.807) is 18.3 Å². The summed E-state index contributed by atoms with van der Waals surface area (Å²) in [6.07, 6.45) is 6.46. The molecule has 7 nitrogen and oxygen atoms in total. The molecule has 0 radical (unpaired) electrons. The fourth-order valence-electron chi connectivity index (χ4n) is 3.62. The minimum Gasteiger partial charge on any atom is -0.496 e. The van der Waals surface area contributed by atoms with Crippen LogP contribution in [-0.2, 0) is 14.2 Å². The molecule has 1 aromatic heterocycles. The van der Waals surface area contributed by atoms with Gasteiger partial charge in [0.15, 0.2) is 5.79 Å². The van der Waals surface area contributed by atoms with Crippen LogP contribution in [0.25, 0.3) is 10.9 Å². The van der Waals surface area contributed by atoms with Crippen LogP contribution in [0.5, 0.6) is 5.75 Å². The highest BCUT2D eigenvalue weighted by atomic mass is 16.7. The Morgan fingerprint density at radius 2 is 2.08 bits per heavy atom. The van der Waals surface area contributed by atoms with Gasteiger partial charge >= 0.3 is 5.97 Å². The van der Waals surface area contributed by atoms with E-state index in [1.165, 1.54) is 27.1 Å². The average molecular weight is 362 g/mol. The van der Waals surface area contributed by atoms with Gasteiger partial charge in [0, 0.05) is 24.3 Å². The van der Waals surface area contributed by atoms with E-state index in [0.717, 1.165) is 42.9 Å². The number of carbonyl (C=O) groups excluding carboxylic acids is 1. The molecular weight excluding hydrogens is 336 g/mol. The third-order valence-electron chi connectivity index (χ3n) is 4.89. The van der Waals surface area contributed by atoms with Crippen molar-refractivity contribution >= 4 is 16.9 Å². The molecule has 7 heteroatoms. The second kappa shape index (κ2) is 8.05. The highest BCUT2D eigenvalue weighted by Gasteiger charge is 2.39. The number of ether oxygens (including phenoxy) is 4. The molecule has 2 heterocycles. The van der Waals surface area contributed by atoms with Gasteiger partial charge in [-0.2, -0.15) is 5.10 Å². The zero-order valence-corrected chi connectivity index (χ0v) is 15.5. The number of esters is 1. The summed E-state index contributed by atoms with van der Waals surface area (Å²) in [5, 5.41) is 7.51. The van der Waals surface area contributed by atoms with Crippen LogP contribution in [0.2, 0.25) is 0 Å². The molecule has 142 valence electrons. The van der Waals surface area contributed by atoms with Gasteiger partial charge in [-0.15, -0.1) is 0 Å². The van der Waals surface area contributed by atoms with Crippen molar-refractivity contribution in [1.29, 1.82) is 0 Å². The molecule has 2 aliphatic rings. The number of hydrogen-bond acceptors (Lipinski definition) is 6. The van der Waals surface area contributed by atoms with Crippen molar-refractivity contribution < 1.29 is 23.7 Å². The lowest BCUT2D eigenvalue weighted by Gasteiger charge is -2.34. The van der Waals surface area contributed by atoms with E-state index in [0.29, 0.717) is 11.3 Å². The third-order valence-corrected chi connectivity index (χ3v) is 4.89. The van der Waals surface area contributed by atoms with Crippen molar-refractivity contribution in [2.24, 2.45) is 5.92 Å². The molecule has 1 atom stereocenters. The number of H-pyrrole nitrogens is 1. The first kappa shape index (κ1) is 18.7. The third kappa shape index (κ3) is 3.99. The van der Waals surface area contributed by atoms with Crippen LogP contribution in [0, 0.1) is 5.92 Å². The molecule has 0 amide bonds. The average Bonchev–Trinajstić information content (AvgIpc) is 3.29. The van der Waals surface area contributed by atoms with Crippen molar-refractivity contribution in [3.63, 3.8) is 0 Å². The van der Waals surface area contributed by atoms with Crippen molar-refractivity contribution in [3.8, 4) is 5.75 Å². The Morgan fingerprint density at radius 1 is 1.31 bits per heavy atom. The van der Waals surface area contributed by atoms with Crippen molar-refractivity contribution in [1.82, 2.24) is 10.2 Å². The SMILES string of the molecule is CC1CCCC2(C1)OCCO2.COC(=O)c1cc2cn[nH]c2cc1OC. The minimum absolute atomic E-state index is 0.155. The molecule has 2 aromatic rings. The Labute approximate surface area is 152 Å². The Bertz CT molecular complexity index is 751. The van der Waals surface area contributed by atoms with E-state index in [2.05, 4.69) is 21.9 Å². The Balaban J connectivity index is 0.000000158. The molecular formula is C19H26N2O5. The maximum absolute atomic E-state index is 11.4. The van der Waals surface area contributed by atoms with Gasteiger partial charge in [0.05, 0.1) is 39.1 Å². The van der Waals surface area contributed by atoms with Crippen LogP contribution < -0.4 is 4.74 Å². The zero-order valence-electron chi connectivity index (χ0n) is 15.5. The van der Waals surface area contributed by atoms with Gasteiger partial charge in [0.1, 0.15) is 11.3 Å². The highest BCUT2D eigenvalue weighted by molar-refractivity contribution is 5.97. The highest BCUT2D eigenvalue weighted by Crippen LogP contribution is 2.38. The van der Waals surface area contributed by atoms with Gasteiger partial charge in [-0.3, -0.25) is 5.10 Å². The number of rotatable bonds is 2. The summed E-state index contributed by atoms with van der Waals surface area (Å²) in [7, 11) is 2.84. The molecule has 26 heavy (non-hydrogen) atoms. The van der Waals surface area contributed by atoms with Gasteiger partial charge in [-0.25, -0.2) is 4.79 Å². The summed E-state index contributed by atoms with van der Waals surface area (Å²) in [6, 6.07) is 3.40. The number of nitrogens with zero attached hydrogens (tertiary/aromatic N) is 1. The number of fused-ring (bicyclic) bond motifs is 1. The second-order valence-electron chi connectivity index (χ2n) is 6.81. The largest absolute Gasteiger partial charge is 0.496 e. The molecule has 1 spiro atoms. The second-order valence-corrected chi connectivity index (χ2v) is 6.81. The Hall–Kier alpha value is -2.12. The summed E-state index contributed by atoms with van der Waals surface area (Å²) in [4.78, 5) is 11.4. The molecule has 1 unspecified atom stereocenters. The molecule has 1 N–H and O–H groups in total. The number of carbonyl (C=O) groups is 1. The normalized spacial score (nSPS) is 21.3. The quantitative estimate of drug-likeness (QED) is 0.826. The van der Waals surface area contributed by atoms with Gasteiger partial charge in [0.25, 0.3) is 0 Å². The van der Waals surface area contributed by atoms with Crippen LogP contribution in [0.4, 0.5) is 0 Å². The van der Waals surface area contributed by atoms with Crippen LogP contribution in [0.1, 0.15) is 43.0 Å². The summed E-state index contributed by atoms with van der Waals surface area (Å²) in [6.45, 7) is 3.88. The van der Waals surface area contributed by atoms with Crippen molar-refractivity contribution in [2.75, 3.05) is 27.4 Å². The molecule has 1 aliphatic heterocycles. The number of methoxy groups -OCH3 is 2. The van der Waals surface area contributed by atoms with E-state index in [-0.39, 0.29) is 5.79 Å². The van der Waals surface area contributed by atoms with E-state index in [1.807, 2.05) is 0 Å². The lowest BCUT2D eigenvalue weighted by atomic mass is 9.86. The van der Waals surface area contributed by atoms with Gasteiger partial charge in [-0.05, 0) is 18.4 Å². The van der Waals surface area contributed by atoms with E-state index >= 15 is 0 Å². The maximum Gasteiger partial charge on any atom is 0.341 e. The van der Waals surface area contributed by atoms with E-state index < -0.39 is 5.97 Å². The predicted octanol–water partition coefficient (Wildman–Crippen LogP) is 3.30. The molecule has 2 fully saturated rings. The van der Waals surface area contributed by atoms with E-state index in [9.17, 15) is 4.79 Å². The topological polar surface area (TPSA) is 82.7 Å². The lowest BCUT2D eigenvalue weighted by molar-refractivity contribution is -0.185. The summed E-state index contributed by atoms with van der Waals surface area (Å²) in [5.41, 5.74) is 1.22. The Morgan fingerprint density at radius 3 is 2.73 bits per heavy atom. The number of nitrogens with one attached hydrogen (secondary N) is 1. The number of aromatic nitrogens is 2. The van der Waals surface area contributed by atoms with Gasteiger partial charge in [-0.1, -0.05) is 13.3 Å². The summed E-state index contributed by atoms with van der Waals surface area (Å²) in [5.74, 6) is 0.674. The summed E-state index contributed by atoms with van der Waals surface area (Å²) >= 11 is 0. The fraction of sp³-hybridized carbons (Fsp3) is 0.579. The maximum atomic E-state index is 11.4. The first-order valence-electron chi connectivity index (χ1n) is 8.94. The molecule has 1 saturated heterocycles. The number of benzene rings is 1. The minimum atomic E-state index is -0.421. The molecule has 1 aromatic carbocycles. The van der Waals surface area contributed by atoms with Crippen LogP contribution in [-0.4, -0.2) is 49.4 Å².